The van der Waals surface area contributed by atoms with Crippen LogP contribution in [0.5, 0.6) is 0 Å². The van der Waals surface area contributed by atoms with Gasteiger partial charge in [0.25, 0.3) is 0 Å². The zero-order valence-corrected chi connectivity index (χ0v) is 7.20. The van der Waals surface area contributed by atoms with Crippen molar-refractivity contribution in [3.05, 3.63) is 23.7 Å². The number of aliphatic hydroxyl groups is 1. The van der Waals surface area contributed by atoms with Crippen LogP contribution >= 0.6 is 0 Å². The third-order valence-electron chi connectivity index (χ3n) is 1.74. The smallest absolute Gasteiger partial charge is 0.0988 e. The van der Waals surface area contributed by atoms with Crippen LogP contribution in [0.4, 0.5) is 0 Å². The molecule has 1 fully saturated rings. The van der Waals surface area contributed by atoms with Crippen molar-refractivity contribution in [1.29, 1.82) is 0 Å². The Labute approximate surface area is 72.1 Å². The van der Waals surface area contributed by atoms with Crippen LogP contribution in [0.25, 0.3) is 0 Å². The molecule has 5 N–H and O–H groups in total. The van der Waals surface area contributed by atoms with Gasteiger partial charge in [-0.3, -0.25) is 0 Å². The van der Waals surface area contributed by atoms with Crippen LogP contribution in [0.15, 0.2) is 23.7 Å². The average molecular weight is 169 g/mol. The van der Waals surface area contributed by atoms with Crippen LogP contribution in [0.3, 0.4) is 0 Å². The molecule has 0 amide bonds. The number of nitrogens with zero attached hydrogens (tertiary/aromatic N) is 1. The number of hydrogen-bond acceptors (Lipinski definition) is 4. The predicted molar refractivity (Wildman–Crippen MR) is 47.8 cm³/mol. The van der Waals surface area contributed by atoms with Gasteiger partial charge in [-0.15, -0.1) is 0 Å². The van der Waals surface area contributed by atoms with E-state index in [2.05, 4.69) is 0 Å². The Bertz CT molecular complexity index is 212. The van der Waals surface area contributed by atoms with Gasteiger partial charge in [0.1, 0.15) is 0 Å². The maximum atomic E-state index is 8.98. The standard InChI is InChI=1S/C8H15N3O/c1-6(9)2-3-8(10)11-4-7(12)5-11/h2-3,7,12H,4-5,9-10H2,1H3/b6-2-,8-3+. The first-order valence-electron chi connectivity index (χ1n) is 3.92. The highest BCUT2D eigenvalue weighted by Crippen LogP contribution is 2.11. The van der Waals surface area contributed by atoms with Crippen molar-refractivity contribution in [1.82, 2.24) is 4.90 Å². The summed E-state index contributed by atoms with van der Waals surface area (Å²) in [6.45, 7) is 3.05. The first kappa shape index (κ1) is 8.93. The summed E-state index contributed by atoms with van der Waals surface area (Å²) in [5, 5.41) is 8.98. The fraction of sp³-hybridized carbons (Fsp3) is 0.500. The third-order valence-corrected chi connectivity index (χ3v) is 1.74. The fourth-order valence-corrected chi connectivity index (χ4v) is 0.988. The minimum Gasteiger partial charge on any atom is -0.402 e. The second-order valence-electron chi connectivity index (χ2n) is 3.06. The van der Waals surface area contributed by atoms with E-state index in [4.69, 9.17) is 16.6 Å². The topological polar surface area (TPSA) is 75.5 Å². The summed E-state index contributed by atoms with van der Waals surface area (Å²) >= 11 is 0. The summed E-state index contributed by atoms with van der Waals surface area (Å²) in [6.07, 6.45) is 3.28. The number of aliphatic hydroxyl groups excluding tert-OH is 1. The zero-order chi connectivity index (χ0) is 9.14. The first-order chi connectivity index (χ1) is 5.59. The Morgan fingerprint density at radius 1 is 1.42 bits per heavy atom. The van der Waals surface area contributed by atoms with Gasteiger partial charge in [0, 0.05) is 18.8 Å². The molecule has 0 unspecified atom stereocenters. The number of hydrogen-bond donors (Lipinski definition) is 3. The van der Waals surface area contributed by atoms with Crippen molar-refractivity contribution < 1.29 is 5.11 Å². The molecular formula is C8H15N3O. The van der Waals surface area contributed by atoms with Crippen LogP contribution < -0.4 is 11.5 Å². The lowest BCUT2D eigenvalue weighted by Gasteiger charge is -2.37. The average Bonchev–Trinajstić information content (AvgIpc) is 1.94. The van der Waals surface area contributed by atoms with Crippen LogP contribution in [-0.4, -0.2) is 29.2 Å². The van der Waals surface area contributed by atoms with Crippen LogP contribution in [0.2, 0.25) is 0 Å². The van der Waals surface area contributed by atoms with Crippen LogP contribution in [0.1, 0.15) is 6.92 Å². The van der Waals surface area contributed by atoms with Crippen molar-refractivity contribution in [2.24, 2.45) is 11.5 Å². The maximum absolute atomic E-state index is 8.98. The normalized spacial score (nSPS) is 21.0. The van der Waals surface area contributed by atoms with Crippen molar-refractivity contribution >= 4 is 0 Å². The van der Waals surface area contributed by atoms with E-state index >= 15 is 0 Å². The van der Waals surface area contributed by atoms with Gasteiger partial charge in [0.05, 0.1) is 11.9 Å². The summed E-state index contributed by atoms with van der Waals surface area (Å²) in [4.78, 5) is 1.89. The first-order valence-corrected chi connectivity index (χ1v) is 3.92. The van der Waals surface area contributed by atoms with Crippen LogP contribution in [0, 0.1) is 0 Å². The van der Waals surface area contributed by atoms with Gasteiger partial charge in [-0.25, -0.2) is 0 Å². The molecular weight excluding hydrogens is 154 g/mol. The van der Waals surface area contributed by atoms with Gasteiger partial charge in [-0.1, -0.05) is 0 Å². The molecule has 12 heavy (non-hydrogen) atoms. The van der Waals surface area contributed by atoms with E-state index in [9.17, 15) is 0 Å². The van der Waals surface area contributed by atoms with E-state index in [1.54, 1.807) is 19.1 Å². The highest BCUT2D eigenvalue weighted by Gasteiger charge is 2.24. The Balaban J connectivity index is 2.42. The lowest BCUT2D eigenvalue weighted by atomic mass is 10.2. The molecule has 1 aliphatic heterocycles. The second kappa shape index (κ2) is 3.49. The summed E-state index contributed by atoms with van der Waals surface area (Å²) in [5.74, 6) is 0.658. The molecule has 0 aromatic heterocycles. The summed E-state index contributed by atoms with van der Waals surface area (Å²) in [5.41, 5.74) is 11.8. The molecule has 0 radical (unpaired) electrons. The Kier molecular flexibility index (Phi) is 2.60. The minimum atomic E-state index is -0.222. The lowest BCUT2D eigenvalue weighted by molar-refractivity contribution is 0.0237. The van der Waals surface area contributed by atoms with E-state index in [1.165, 1.54) is 0 Å². The zero-order valence-electron chi connectivity index (χ0n) is 7.20. The molecule has 0 aromatic carbocycles. The SMILES string of the molecule is C/C(N)=C/C=C(\N)N1CC(O)C1. The molecule has 1 heterocycles. The third kappa shape index (κ3) is 2.17. The Morgan fingerprint density at radius 2 is 2.00 bits per heavy atom. The Morgan fingerprint density at radius 3 is 2.42 bits per heavy atom. The summed E-state index contributed by atoms with van der Waals surface area (Å²) < 4.78 is 0. The van der Waals surface area contributed by atoms with E-state index < -0.39 is 0 Å². The molecule has 0 spiro atoms. The quantitative estimate of drug-likeness (QED) is 0.479. The van der Waals surface area contributed by atoms with Gasteiger partial charge in [0.2, 0.25) is 0 Å². The highest BCUT2D eigenvalue weighted by molar-refractivity contribution is 5.14. The molecule has 0 aromatic rings. The largest absolute Gasteiger partial charge is 0.402 e. The van der Waals surface area contributed by atoms with E-state index in [-0.39, 0.29) is 6.10 Å². The number of β-amino-alcohol motifs (C(OH)–C–C–N with tert-alkyl or cyclic N) is 1. The molecule has 4 nitrogen and oxygen atoms in total. The molecule has 1 aliphatic rings. The molecule has 0 atom stereocenters. The van der Waals surface area contributed by atoms with Crippen molar-refractivity contribution in [3.8, 4) is 0 Å². The van der Waals surface area contributed by atoms with Gasteiger partial charge in [0.15, 0.2) is 0 Å². The van der Waals surface area contributed by atoms with E-state index in [0.717, 1.165) is 5.70 Å². The van der Waals surface area contributed by atoms with Gasteiger partial charge >= 0.3 is 0 Å². The maximum Gasteiger partial charge on any atom is 0.0988 e. The van der Waals surface area contributed by atoms with Crippen molar-refractivity contribution in [2.75, 3.05) is 13.1 Å². The molecule has 1 saturated heterocycles. The summed E-state index contributed by atoms with van der Waals surface area (Å²) in [6, 6.07) is 0. The summed E-state index contributed by atoms with van der Waals surface area (Å²) in [7, 11) is 0. The van der Waals surface area contributed by atoms with Crippen molar-refractivity contribution in [3.63, 3.8) is 0 Å². The number of rotatable bonds is 2. The number of allylic oxidation sites excluding steroid dienone is 3. The lowest BCUT2D eigenvalue weighted by Crippen LogP contribution is -2.51. The molecule has 0 bridgehead atoms. The Hall–Kier alpha value is -1.16. The van der Waals surface area contributed by atoms with E-state index in [1.807, 2.05) is 4.90 Å². The molecule has 68 valence electrons. The highest BCUT2D eigenvalue weighted by atomic mass is 16.3. The van der Waals surface area contributed by atoms with Crippen molar-refractivity contribution in [2.45, 2.75) is 13.0 Å². The van der Waals surface area contributed by atoms with E-state index in [0.29, 0.717) is 18.9 Å². The van der Waals surface area contributed by atoms with Gasteiger partial charge < -0.3 is 21.5 Å². The number of nitrogens with two attached hydrogens (primary N) is 2. The molecule has 0 saturated carbocycles. The van der Waals surface area contributed by atoms with Gasteiger partial charge in [-0.05, 0) is 19.1 Å². The molecule has 1 rings (SSSR count). The molecule has 0 aliphatic carbocycles. The minimum absolute atomic E-state index is 0.222. The fourth-order valence-electron chi connectivity index (χ4n) is 0.988. The monoisotopic (exact) mass is 169 g/mol. The number of likely N-dealkylation sites (tertiary alicyclic amines) is 1. The second-order valence-corrected chi connectivity index (χ2v) is 3.06. The predicted octanol–water partition coefficient (Wildman–Crippen LogP) is -0.674. The van der Waals surface area contributed by atoms with Gasteiger partial charge in [-0.2, -0.15) is 0 Å². The molecule has 4 heteroatoms. The van der Waals surface area contributed by atoms with Crippen LogP contribution in [-0.2, 0) is 0 Å².